The Morgan fingerprint density at radius 3 is 2.47 bits per heavy atom. The largest absolute Gasteiger partial charge is 0.381 e. The zero-order valence-corrected chi connectivity index (χ0v) is 13.2. The smallest absolute Gasteiger partial charge is 0.0468 e. The van der Waals surface area contributed by atoms with Crippen molar-refractivity contribution in [1.29, 1.82) is 0 Å². The zero-order chi connectivity index (χ0) is 13.7. The lowest BCUT2D eigenvalue weighted by Crippen LogP contribution is -2.42. The standard InChI is InChI=1S/C17H33NO/c1-4-18-17-6-5-15(13(2)3)12-16(17)11-14-7-9-19-10-8-14/h13-18H,4-12H2,1-3H3. The third-order valence-corrected chi connectivity index (χ3v) is 5.41. The van der Waals surface area contributed by atoms with Crippen molar-refractivity contribution in [2.45, 2.75) is 65.3 Å². The van der Waals surface area contributed by atoms with Crippen LogP contribution in [0.1, 0.15) is 59.3 Å². The third-order valence-electron chi connectivity index (χ3n) is 5.41. The Morgan fingerprint density at radius 1 is 1.11 bits per heavy atom. The second-order valence-electron chi connectivity index (χ2n) is 7.03. The van der Waals surface area contributed by atoms with Crippen molar-refractivity contribution in [3.8, 4) is 0 Å². The van der Waals surface area contributed by atoms with Crippen LogP contribution in [0.25, 0.3) is 0 Å². The van der Waals surface area contributed by atoms with E-state index in [2.05, 4.69) is 26.1 Å². The van der Waals surface area contributed by atoms with Crippen LogP contribution in [0.5, 0.6) is 0 Å². The Balaban J connectivity index is 1.90. The average Bonchev–Trinajstić information content (AvgIpc) is 2.42. The predicted molar refractivity (Wildman–Crippen MR) is 81.3 cm³/mol. The molecule has 0 aromatic rings. The summed E-state index contributed by atoms with van der Waals surface area (Å²) in [6.45, 7) is 10.2. The van der Waals surface area contributed by atoms with E-state index >= 15 is 0 Å². The van der Waals surface area contributed by atoms with E-state index in [9.17, 15) is 0 Å². The Hall–Kier alpha value is -0.0800. The molecule has 0 aromatic carbocycles. The second kappa shape index (κ2) is 7.64. The second-order valence-corrected chi connectivity index (χ2v) is 7.03. The van der Waals surface area contributed by atoms with Crippen LogP contribution in [-0.2, 0) is 4.74 Å². The molecule has 2 rings (SSSR count). The van der Waals surface area contributed by atoms with Crippen LogP contribution in [-0.4, -0.2) is 25.8 Å². The summed E-state index contributed by atoms with van der Waals surface area (Å²) in [6.07, 6.45) is 8.30. The first-order valence-electron chi connectivity index (χ1n) is 8.51. The molecule has 1 saturated carbocycles. The third kappa shape index (κ3) is 4.46. The quantitative estimate of drug-likeness (QED) is 0.817. The lowest BCUT2D eigenvalue weighted by atomic mass is 9.70. The van der Waals surface area contributed by atoms with E-state index in [1.54, 1.807) is 0 Å². The monoisotopic (exact) mass is 267 g/mol. The summed E-state index contributed by atoms with van der Waals surface area (Å²) in [6, 6.07) is 0.780. The summed E-state index contributed by atoms with van der Waals surface area (Å²) in [5.41, 5.74) is 0. The minimum atomic E-state index is 0.780. The molecule has 0 spiro atoms. The van der Waals surface area contributed by atoms with Crippen molar-refractivity contribution in [2.75, 3.05) is 19.8 Å². The van der Waals surface area contributed by atoms with E-state index in [1.807, 2.05) is 0 Å². The van der Waals surface area contributed by atoms with Crippen LogP contribution in [0.15, 0.2) is 0 Å². The molecule has 0 aromatic heterocycles. The molecule has 1 aliphatic heterocycles. The molecule has 2 heteroatoms. The molecular formula is C17H33NO. The van der Waals surface area contributed by atoms with Gasteiger partial charge in [-0.1, -0.05) is 20.8 Å². The van der Waals surface area contributed by atoms with Gasteiger partial charge in [0.2, 0.25) is 0 Å². The Labute approximate surface area is 119 Å². The number of rotatable bonds is 5. The maximum absolute atomic E-state index is 5.51. The summed E-state index contributed by atoms with van der Waals surface area (Å²) in [5, 5.41) is 3.75. The topological polar surface area (TPSA) is 21.3 Å². The molecule has 1 heterocycles. The lowest BCUT2D eigenvalue weighted by Gasteiger charge is -2.40. The molecule has 1 aliphatic carbocycles. The maximum atomic E-state index is 5.51. The van der Waals surface area contributed by atoms with Gasteiger partial charge in [0.25, 0.3) is 0 Å². The van der Waals surface area contributed by atoms with Gasteiger partial charge in [-0.25, -0.2) is 0 Å². The molecule has 3 atom stereocenters. The van der Waals surface area contributed by atoms with Crippen LogP contribution in [0, 0.1) is 23.7 Å². The minimum Gasteiger partial charge on any atom is -0.381 e. The Morgan fingerprint density at radius 2 is 1.84 bits per heavy atom. The summed E-state index contributed by atoms with van der Waals surface area (Å²) < 4.78 is 5.51. The molecule has 112 valence electrons. The molecule has 0 amide bonds. The van der Waals surface area contributed by atoms with Crippen LogP contribution in [0.2, 0.25) is 0 Å². The normalized spacial score (nSPS) is 33.8. The fourth-order valence-corrected chi connectivity index (χ4v) is 4.11. The van der Waals surface area contributed by atoms with Crippen molar-refractivity contribution >= 4 is 0 Å². The van der Waals surface area contributed by atoms with Gasteiger partial charge >= 0.3 is 0 Å². The van der Waals surface area contributed by atoms with Gasteiger partial charge in [0.1, 0.15) is 0 Å². The minimum absolute atomic E-state index is 0.780. The van der Waals surface area contributed by atoms with Crippen LogP contribution < -0.4 is 5.32 Å². The number of nitrogens with one attached hydrogen (secondary N) is 1. The number of ether oxygens (including phenoxy) is 1. The van der Waals surface area contributed by atoms with Crippen LogP contribution >= 0.6 is 0 Å². The van der Waals surface area contributed by atoms with Crippen molar-refractivity contribution in [1.82, 2.24) is 5.32 Å². The van der Waals surface area contributed by atoms with E-state index in [-0.39, 0.29) is 0 Å². The van der Waals surface area contributed by atoms with Crippen LogP contribution in [0.4, 0.5) is 0 Å². The lowest BCUT2D eigenvalue weighted by molar-refractivity contribution is 0.0481. The fraction of sp³-hybridized carbons (Fsp3) is 1.00. The molecule has 2 aliphatic rings. The Kier molecular flexibility index (Phi) is 6.15. The van der Waals surface area contributed by atoms with Crippen LogP contribution in [0.3, 0.4) is 0 Å². The highest BCUT2D eigenvalue weighted by Crippen LogP contribution is 2.38. The highest BCUT2D eigenvalue weighted by molar-refractivity contribution is 4.87. The molecule has 19 heavy (non-hydrogen) atoms. The van der Waals surface area contributed by atoms with Gasteiger partial charge in [-0.15, -0.1) is 0 Å². The maximum Gasteiger partial charge on any atom is 0.0468 e. The molecule has 1 N–H and O–H groups in total. The van der Waals surface area contributed by atoms with Gasteiger partial charge in [-0.3, -0.25) is 0 Å². The first-order valence-corrected chi connectivity index (χ1v) is 8.51. The van der Waals surface area contributed by atoms with Gasteiger partial charge in [0.15, 0.2) is 0 Å². The number of hydrogen-bond donors (Lipinski definition) is 1. The van der Waals surface area contributed by atoms with Crippen molar-refractivity contribution < 1.29 is 4.74 Å². The molecule has 2 fully saturated rings. The summed E-state index contributed by atoms with van der Waals surface area (Å²) >= 11 is 0. The van der Waals surface area contributed by atoms with Gasteiger partial charge in [-0.05, 0) is 68.7 Å². The first-order chi connectivity index (χ1) is 9.20. The molecule has 2 nitrogen and oxygen atoms in total. The van der Waals surface area contributed by atoms with E-state index < -0.39 is 0 Å². The summed E-state index contributed by atoms with van der Waals surface area (Å²) in [4.78, 5) is 0. The highest BCUT2D eigenvalue weighted by atomic mass is 16.5. The fourth-order valence-electron chi connectivity index (χ4n) is 4.11. The van der Waals surface area contributed by atoms with E-state index in [0.29, 0.717) is 0 Å². The van der Waals surface area contributed by atoms with E-state index in [1.165, 1.54) is 38.5 Å². The summed E-state index contributed by atoms with van der Waals surface area (Å²) in [7, 11) is 0. The molecule has 1 saturated heterocycles. The van der Waals surface area contributed by atoms with Crippen molar-refractivity contribution in [3.05, 3.63) is 0 Å². The van der Waals surface area contributed by atoms with Crippen molar-refractivity contribution in [2.24, 2.45) is 23.7 Å². The molecule has 0 bridgehead atoms. The van der Waals surface area contributed by atoms with Gasteiger partial charge in [0.05, 0.1) is 0 Å². The van der Waals surface area contributed by atoms with Gasteiger partial charge in [-0.2, -0.15) is 0 Å². The first kappa shape index (κ1) is 15.3. The highest BCUT2D eigenvalue weighted by Gasteiger charge is 2.33. The predicted octanol–water partition coefficient (Wildman–Crippen LogP) is 3.85. The average molecular weight is 267 g/mol. The molecule has 3 unspecified atom stereocenters. The van der Waals surface area contributed by atoms with Gasteiger partial charge < -0.3 is 10.1 Å². The van der Waals surface area contributed by atoms with Gasteiger partial charge in [0, 0.05) is 19.3 Å². The van der Waals surface area contributed by atoms with Crippen molar-refractivity contribution in [3.63, 3.8) is 0 Å². The zero-order valence-electron chi connectivity index (χ0n) is 13.2. The van der Waals surface area contributed by atoms with E-state index in [0.717, 1.165) is 49.5 Å². The molecule has 0 radical (unpaired) electrons. The van der Waals surface area contributed by atoms with E-state index in [4.69, 9.17) is 4.74 Å². The summed E-state index contributed by atoms with van der Waals surface area (Å²) in [5.74, 6) is 3.65. The Bertz CT molecular complexity index is 248. The number of hydrogen-bond acceptors (Lipinski definition) is 2. The SMILES string of the molecule is CCNC1CCC(C(C)C)CC1CC1CCOCC1. The molecular weight excluding hydrogens is 234 g/mol.